The van der Waals surface area contributed by atoms with Gasteiger partial charge < -0.3 is 0 Å². The van der Waals surface area contributed by atoms with Crippen molar-refractivity contribution in [2.45, 2.75) is 63.7 Å². The predicted molar refractivity (Wildman–Crippen MR) is 122 cm³/mol. The Kier molecular flexibility index (Phi) is 5.54. The molecule has 0 aliphatic heterocycles. The molecule has 0 amide bonds. The van der Waals surface area contributed by atoms with Crippen LogP contribution in [-0.4, -0.2) is 0 Å². The average Bonchev–Trinajstić information content (AvgIpc) is 3.52. The summed E-state index contributed by atoms with van der Waals surface area (Å²) < 4.78 is 15.0. The van der Waals surface area contributed by atoms with Gasteiger partial charge in [-0.15, -0.1) is 11.3 Å². The van der Waals surface area contributed by atoms with Crippen LogP contribution in [0.3, 0.4) is 0 Å². The number of halogens is 1. The summed E-state index contributed by atoms with van der Waals surface area (Å²) in [4.78, 5) is 2.46. The fourth-order valence-electron chi connectivity index (χ4n) is 5.23. The highest BCUT2D eigenvalue weighted by Crippen LogP contribution is 2.37. The van der Waals surface area contributed by atoms with Crippen molar-refractivity contribution < 1.29 is 4.39 Å². The fourth-order valence-corrected chi connectivity index (χ4v) is 6.38. The van der Waals surface area contributed by atoms with Crippen molar-refractivity contribution >= 4 is 11.3 Å². The lowest BCUT2D eigenvalue weighted by Gasteiger charge is -2.11. The van der Waals surface area contributed by atoms with Crippen LogP contribution in [0.1, 0.15) is 67.7 Å². The molecule has 0 unspecified atom stereocenters. The third-order valence-electron chi connectivity index (χ3n) is 6.93. The number of rotatable bonds is 5. The molecule has 0 spiro atoms. The van der Waals surface area contributed by atoms with E-state index in [4.69, 9.17) is 0 Å². The first kappa shape index (κ1) is 19.1. The average molecular weight is 405 g/mol. The minimum Gasteiger partial charge on any atom is -0.206 e. The Bertz CT molecular complexity index is 956. The SMILES string of the molecule is Fc1cc(-c2ccc(C3CCCC3)cc2)ccc1-c1ccc(CC2CCCC2)s1. The van der Waals surface area contributed by atoms with Gasteiger partial charge in [-0.2, -0.15) is 0 Å². The van der Waals surface area contributed by atoms with Gasteiger partial charge in [0.2, 0.25) is 0 Å². The van der Waals surface area contributed by atoms with Gasteiger partial charge in [-0.3, -0.25) is 0 Å². The standard InChI is InChI=1S/C27H29FS/c28-26-18-23(22-11-9-21(10-12-22)20-7-3-4-8-20)13-15-25(26)27-16-14-24(29-27)17-19-5-1-2-6-19/h9-16,18-20H,1-8,17H2. The predicted octanol–water partition coefficient (Wildman–Crippen LogP) is 8.61. The number of thiophene rings is 1. The van der Waals surface area contributed by atoms with Crippen molar-refractivity contribution in [1.82, 2.24) is 0 Å². The third kappa shape index (κ3) is 4.19. The lowest BCUT2D eigenvalue weighted by molar-refractivity contribution is 0.551. The molecule has 0 nitrogen and oxygen atoms in total. The van der Waals surface area contributed by atoms with Gasteiger partial charge in [0, 0.05) is 15.3 Å². The van der Waals surface area contributed by atoms with E-state index in [-0.39, 0.29) is 5.82 Å². The summed E-state index contributed by atoms with van der Waals surface area (Å²) in [5.41, 5.74) is 4.24. The van der Waals surface area contributed by atoms with Gasteiger partial charge in [-0.1, -0.05) is 68.9 Å². The number of hydrogen-bond acceptors (Lipinski definition) is 1. The zero-order valence-corrected chi connectivity index (χ0v) is 17.8. The largest absolute Gasteiger partial charge is 0.206 e. The molecule has 2 aromatic carbocycles. The smallest absolute Gasteiger partial charge is 0.132 e. The second-order valence-corrected chi connectivity index (χ2v) is 10.1. The minimum atomic E-state index is -0.114. The highest BCUT2D eigenvalue weighted by atomic mass is 32.1. The Labute approximate surface area is 177 Å². The quantitative estimate of drug-likeness (QED) is 0.399. The molecule has 150 valence electrons. The van der Waals surface area contributed by atoms with Gasteiger partial charge in [-0.25, -0.2) is 4.39 Å². The van der Waals surface area contributed by atoms with Gasteiger partial charge in [0.1, 0.15) is 5.82 Å². The fraction of sp³-hybridized carbons (Fsp3) is 0.407. The van der Waals surface area contributed by atoms with E-state index < -0.39 is 0 Å². The molecule has 0 radical (unpaired) electrons. The van der Waals surface area contributed by atoms with Crippen molar-refractivity contribution in [2.24, 2.45) is 5.92 Å². The molecule has 2 aliphatic rings. The van der Waals surface area contributed by atoms with E-state index in [2.05, 4.69) is 42.5 Å². The molecule has 1 aromatic heterocycles. The molecule has 2 heteroatoms. The Morgan fingerprint density at radius 3 is 2.17 bits per heavy atom. The van der Waals surface area contributed by atoms with E-state index in [9.17, 15) is 4.39 Å². The summed E-state index contributed by atoms with van der Waals surface area (Å²) in [7, 11) is 0. The second kappa shape index (κ2) is 8.44. The second-order valence-electron chi connectivity index (χ2n) is 8.92. The van der Waals surface area contributed by atoms with Crippen LogP contribution in [0.4, 0.5) is 4.39 Å². The zero-order chi connectivity index (χ0) is 19.6. The van der Waals surface area contributed by atoms with Crippen molar-refractivity contribution in [1.29, 1.82) is 0 Å². The summed E-state index contributed by atoms with van der Waals surface area (Å²) in [5, 5.41) is 0. The van der Waals surface area contributed by atoms with Crippen molar-refractivity contribution in [2.75, 3.05) is 0 Å². The molecule has 5 rings (SSSR count). The van der Waals surface area contributed by atoms with E-state index in [0.717, 1.165) is 39.8 Å². The molecule has 0 saturated heterocycles. The highest BCUT2D eigenvalue weighted by molar-refractivity contribution is 7.15. The minimum absolute atomic E-state index is 0.114. The Hall–Kier alpha value is -1.93. The zero-order valence-electron chi connectivity index (χ0n) is 17.0. The van der Waals surface area contributed by atoms with Crippen LogP contribution in [0.5, 0.6) is 0 Å². The maximum atomic E-state index is 15.0. The van der Waals surface area contributed by atoms with Crippen LogP contribution in [0.25, 0.3) is 21.6 Å². The molecule has 2 fully saturated rings. The van der Waals surface area contributed by atoms with Crippen LogP contribution in [0.15, 0.2) is 54.6 Å². The Balaban J connectivity index is 1.33. The molecular weight excluding hydrogens is 375 g/mol. The summed E-state index contributed by atoms with van der Waals surface area (Å²) in [6, 6.07) is 18.8. The van der Waals surface area contributed by atoms with Crippen LogP contribution in [0, 0.1) is 11.7 Å². The lowest BCUT2D eigenvalue weighted by atomic mass is 9.95. The van der Waals surface area contributed by atoms with Gasteiger partial charge in [0.25, 0.3) is 0 Å². The highest BCUT2D eigenvalue weighted by Gasteiger charge is 2.18. The number of benzene rings is 2. The van der Waals surface area contributed by atoms with E-state index in [1.807, 2.05) is 6.07 Å². The summed E-state index contributed by atoms with van der Waals surface area (Å²) >= 11 is 1.76. The van der Waals surface area contributed by atoms with Gasteiger partial charge in [-0.05, 0) is 72.1 Å². The Morgan fingerprint density at radius 2 is 1.45 bits per heavy atom. The molecular formula is C27H29FS. The molecule has 2 aliphatic carbocycles. The van der Waals surface area contributed by atoms with Crippen LogP contribution < -0.4 is 0 Å². The summed E-state index contributed by atoms with van der Waals surface area (Å²) in [6.07, 6.45) is 12.0. The molecule has 0 N–H and O–H groups in total. The van der Waals surface area contributed by atoms with Gasteiger partial charge in [0.05, 0.1) is 0 Å². The number of hydrogen-bond donors (Lipinski definition) is 0. The summed E-state index contributed by atoms with van der Waals surface area (Å²) in [5.74, 6) is 1.44. The van der Waals surface area contributed by atoms with Crippen molar-refractivity contribution in [3.63, 3.8) is 0 Å². The van der Waals surface area contributed by atoms with Crippen LogP contribution >= 0.6 is 11.3 Å². The van der Waals surface area contributed by atoms with Crippen LogP contribution in [-0.2, 0) is 6.42 Å². The maximum absolute atomic E-state index is 15.0. The lowest BCUT2D eigenvalue weighted by Crippen LogP contribution is -1.95. The molecule has 3 aromatic rings. The first-order chi connectivity index (χ1) is 14.3. The third-order valence-corrected chi connectivity index (χ3v) is 8.07. The molecule has 2 saturated carbocycles. The monoisotopic (exact) mass is 404 g/mol. The van der Waals surface area contributed by atoms with E-state index in [0.29, 0.717) is 0 Å². The van der Waals surface area contributed by atoms with Gasteiger partial charge in [0.15, 0.2) is 0 Å². The molecule has 29 heavy (non-hydrogen) atoms. The van der Waals surface area contributed by atoms with E-state index in [1.54, 1.807) is 17.4 Å². The first-order valence-electron chi connectivity index (χ1n) is 11.3. The molecule has 0 atom stereocenters. The maximum Gasteiger partial charge on any atom is 0.132 e. The molecule has 1 heterocycles. The first-order valence-corrected chi connectivity index (χ1v) is 12.1. The Morgan fingerprint density at radius 1 is 0.759 bits per heavy atom. The normalized spacial score (nSPS) is 18.0. The van der Waals surface area contributed by atoms with Crippen LogP contribution in [0.2, 0.25) is 0 Å². The van der Waals surface area contributed by atoms with E-state index >= 15 is 0 Å². The van der Waals surface area contributed by atoms with Crippen molar-refractivity contribution in [3.8, 4) is 21.6 Å². The molecule has 0 bridgehead atoms. The van der Waals surface area contributed by atoms with Crippen molar-refractivity contribution in [3.05, 3.63) is 70.9 Å². The topological polar surface area (TPSA) is 0 Å². The summed E-state index contributed by atoms with van der Waals surface area (Å²) in [6.45, 7) is 0. The van der Waals surface area contributed by atoms with E-state index in [1.165, 1.54) is 61.8 Å². The van der Waals surface area contributed by atoms with Gasteiger partial charge >= 0.3 is 0 Å².